The van der Waals surface area contributed by atoms with Gasteiger partial charge in [-0.15, -0.1) is 0 Å². The lowest BCUT2D eigenvalue weighted by Crippen LogP contribution is -2.14. The number of phenolic OH excluding ortho intramolecular Hbond substituents is 1. The molecule has 106 valence electrons. The van der Waals surface area contributed by atoms with Crippen molar-refractivity contribution in [3.63, 3.8) is 0 Å². The van der Waals surface area contributed by atoms with Gasteiger partial charge < -0.3 is 10.4 Å². The van der Waals surface area contributed by atoms with Gasteiger partial charge >= 0.3 is 0 Å². The van der Waals surface area contributed by atoms with E-state index < -0.39 is 4.92 Å². The Kier molecular flexibility index (Phi) is 4.34. The van der Waals surface area contributed by atoms with Crippen molar-refractivity contribution in [2.24, 2.45) is 0 Å². The van der Waals surface area contributed by atoms with Gasteiger partial charge in [0.1, 0.15) is 5.75 Å². The number of para-hydroxylation sites is 1. The fourth-order valence-corrected chi connectivity index (χ4v) is 2.26. The number of carbonyl (C=O) groups excluding carboxylic acids is 1. The number of allylic oxidation sites excluding steroid dienone is 1. The lowest BCUT2D eigenvalue weighted by atomic mass is 9.97. The normalized spacial score (nSPS) is 14.5. The van der Waals surface area contributed by atoms with E-state index in [1.165, 1.54) is 18.2 Å². The van der Waals surface area contributed by atoms with Crippen molar-refractivity contribution in [3.05, 3.63) is 40.0 Å². The molecule has 0 saturated carbocycles. The molecule has 0 unspecified atom stereocenters. The standard InChI is InChI=1S/C14H16N2O4/c17-12-8-4-7-11(16(19)20)14(12)15-13(18)9-10-5-2-1-3-6-10/h4-5,7-8,17H,1-3,6,9H2,(H,15,18). The number of benzene rings is 1. The van der Waals surface area contributed by atoms with E-state index in [9.17, 15) is 20.0 Å². The van der Waals surface area contributed by atoms with Gasteiger partial charge in [-0.3, -0.25) is 14.9 Å². The molecule has 2 N–H and O–H groups in total. The maximum absolute atomic E-state index is 11.9. The molecular weight excluding hydrogens is 260 g/mol. The molecule has 0 heterocycles. The first kappa shape index (κ1) is 14.0. The average molecular weight is 276 g/mol. The smallest absolute Gasteiger partial charge is 0.296 e. The number of anilines is 1. The van der Waals surface area contributed by atoms with E-state index in [-0.39, 0.29) is 29.5 Å². The molecule has 20 heavy (non-hydrogen) atoms. The van der Waals surface area contributed by atoms with Crippen LogP contribution in [0.2, 0.25) is 0 Å². The minimum Gasteiger partial charge on any atom is -0.505 e. The second kappa shape index (κ2) is 6.18. The van der Waals surface area contributed by atoms with Crippen LogP contribution in [0.4, 0.5) is 11.4 Å². The number of carbonyl (C=O) groups is 1. The van der Waals surface area contributed by atoms with Crippen LogP contribution in [0, 0.1) is 10.1 Å². The summed E-state index contributed by atoms with van der Waals surface area (Å²) in [5.41, 5.74) is 0.599. The first-order valence-corrected chi connectivity index (χ1v) is 6.52. The monoisotopic (exact) mass is 276 g/mol. The van der Waals surface area contributed by atoms with Crippen molar-refractivity contribution in [2.75, 3.05) is 5.32 Å². The number of nitrogens with zero attached hydrogens (tertiary/aromatic N) is 1. The maximum Gasteiger partial charge on any atom is 0.296 e. The van der Waals surface area contributed by atoms with Gasteiger partial charge in [0.05, 0.1) is 4.92 Å². The first-order valence-electron chi connectivity index (χ1n) is 6.52. The Morgan fingerprint density at radius 3 is 2.85 bits per heavy atom. The fourth-order valence-electron chi connectivity index (χ4n) is 2.26. The van der Waals surface area contributed by atoms with Gasteiger partial charge in [0.15, 0.2) is 5.69 Å². The lowest BCUT2D eigenvalue weighted by molar-refractivity contribution is -0.384. The Morgan fingerprint density at radius 1 is 1.40 bits per heavy atom. The summed E-state index contributed by atoms with van der Waals surface area (Å²) in [6, 6.07) is 3.92. The molecule has 0 saturated heterocycles. The Morgan fingerprint density at radius 2 is 2.20 bits per heavy atom. The highest BCUT2D eigenvalue weighted by molar-refractivity contribution is 5.96. The molecule has 1 aromatic carbocycles. The van der Waals surface area contributed by atoms with E-state index in [0.717, 1.165) is 31.3 Å². The van der Waals surface area contributed by atoms with Crippen LogP contribution >= 0.6 is 0 Å². The molecule has 1 aliphatic rings. The zero-order chi connectivity index (χ0) is 14.5. The van der Waals surface area contributed by atoms with Crippen molar-refractivity contribution >= 4 is 17.3 Å². The van der Waals surface area contributed by atoms with Crippen LogP contribution in [0.15, 0.2) is 29.8 Å². The third-order valence-electron chi connectivity index (χ3n) is 3.25. The van der Waals surface area contributed by atoms with E-state index in [1.54, 1.807) is 0 Å². The van der Waals surface area contributed by atoms with Crippen molar-refractivity contribution in [1.29, 1.82) is 0 Å². The lowest BCUT2D eigenvalue weighted by Gasteiger charge is -2.13. The molecule has 1 amide bonds. The molecule has 0 aromatic heterocycles. The van der Waals surface area contributed by atoms with Crippen molar-refractivity contribution in [2.45, 2.75) is 32.1 Å². The molecular formula is C14H16N2O4. The van der Waals surface area contributed by atoms with Crippen LogP contribution in [0.25, 0.3) is 0 Å². The van der Waals surface area contributed by atoms with Crippen LogP contribution < -0.4 is 5.32 Å². The van der Waals surface area contributed by atoms with E-state index in [1.807, 2.05) is 6.08 Å². The molecule has 0 fully saturated rings. The number of nitro groups is 1. The summed E-state index contributed by atoms with van der Waals surface area (Å²) in [6.07, 6.45) is 6.31. The molecule has 2 rings (SSSR count). The molecule has 0 atom stereocenters. The number of rotatable bonds is 4. The van der Waals surface area contributed by atoms with Gasteiger partial charge in [-0.1, -0.05) is 17.7 Å². The highest BCUT2D eigenvalue weighted by Crippen LogP contribution is 2.33. The largest absolute Gasteiger partial charge is 0.505 e. The summed E-state index contributed by atoms with van der Waals surface area (Å²) < 4.78 is 0. The fraction of sp³-hybridized carbons (Fsp3) is 0.357. The topological polar surface area (TPSA) is 92.5 Å². The zero-order valence-electron chi connectivity index (χ0n) is 11.0. The second-order valence-corrected chi connectivity index (χ2v) is 4.76. The minimum absolute atomic E-state index is 0.140. The minimum atomic E-state index is -0.630. The number of aromatic hydroxyl groups is 1. The highest BCUT2D eigenvalue weighted by Gasteiger charge is 2.20. The third kappa shape index (κ3) is 3.34. The Labute approximate surface area is 116 Å². The van der Waals surface area contributed by atoms with Crippen LogP contribution in [0.1, 0.15) is 32.1 Å². The summed E-state index contributed by atoms with van der Waals surface area (Å²) in [4.78, 5) is 22.2. The molecule has 1 aromatic rings. The predicted molar refractivity (Wildman–Crippen MR) is 74.6 cm³/mol. The number of hydrogen-bond acceptors (Lipinski definition) is 4. The van der Waals surface area contributed by atoms with Gasteiger partial charge in [0.2, 0.25) is 5.91 Å². The summed E-state index contributed by atoms with van der Waals surface area (Å²) in [5, 5.41) is 23.0. The van der Waals surface area contributed by atoms with Crippen LogP contribution in [0.5, 0.6) is 5.75 Å². The third-order valence-corrected chi connectivity index (χ3v) is 3.25. The summed E-state index contributed by atoms with van der Waals surface area (Å²) in [7, 11) is 0. The van der Waals surface area contributed by atoms with E-state index >= 15 is 0 Å². The van der Waals surface area contributed by atoms with Gasteiger partial charge in [0, 0.05) is 12.5 Å². The van der Waals surface area contributed by atoms with Crippen LogP contribution in [-0.4, -0.2) is 15.9 Å². The number of nitro benzene ring substituents is 1. The van der Waals surface area contributed by atoms with Crippen molar-refractivity contribution < 1.29 is 14.8 Å². The number of amides is 1. The van der Waals surface area contributed by atoms with E-state index in [2.05, 4.69) is 5.32 Å². The Bertz CT molecular complexity index is 566. The molecule has 0 spiro atoms. The molecule has 6 nitrogen and oxygen atoms in total. The highest BCUT2D eigenvalue weighted by atomic mass is 16.6. The number of nitrogens with one attached hydrogen (secondary N) is 1. The SMILES string of the molecule is O=C(CC1=CCCCC1)Nc1c(O)cccc1[N+](=O)[O-]. The number of phenols is 1. The van der Waals surface area contributed by atoms with Gasteiger partial charge in [0.25, 0.3) is 5.69 Å². The molecule has 0 bridgehead atoms. The Balaban J connectivity index is 2.11. The van der Waals surface area contributed by atoms with Gasteiger partial charge in [-0.2, -0.15) is 0 Å². The second-order valence-electron chi connectivity index (χ2n) is 4.76. The predicted octanol–water partition coefficient (Wildman–Crippen LogP) is 3.13. The molecule has 1 aliphatic carbocycles. The summed E-state index contributed by atoms with van der Waals surface area (Å²) in [6.45, 7) is 0. The first-order chi connectivity index (χ1) is 9.58. The summed E-state index contributed by atoms with van der Waals surface area (Å²) >= 11 is 0. The van der Waals surface area contributed by atoms with Gasteiger partial charge in [-0.05, 0) is 31.7 Å². The molecule has 0 radical (unpaired) electrons. The maximum atomic E-state index is 11.9. The van der Waals surface area contributed by atoms with Gasteiger partial charge in [-0.25, -0.2) is 0 Å². The molecule has 6 heteroatoms. The van der Waals surface area contributed by atoms with E-state index in [4.69, 9.17) is 0 Å². The number of hydrogen-bond donors (Lipinski definition) is 2. The van der Waals surface area contributed by atoms with E-state index in [0.29, 0.717) is 0 Å². The van der Waals surface area contributed by atoms with Crippen molar-refractivity contribution in [1.82, 2.24) is 0 Å². The zero-order valence-corrected chi connectivity index (χ0v) is 11.0. The quantitative estimate of drug-likeness (QED) is 0.382. The van der Waals surface area contributed by atoms with Crippen LogP contribution in [-0.2, 0) is 4.79 Å². The van der Waals surface area contributed by atoms with Crippen molar-refractivity contribution in [3.8, 4) is 5.75 Å². The molecule has 0 aliphatic heterocycles. The average Bonchev–Trinajstić information content (AvgIpc) is 2.42. The summed E-state index contributed by atoms with van der Waals surface area (Å²) in [5.74, 6) is -0.645. The van der Waals surface area contributed by atoms with Crippen LogP contribution in [0.3, 0.4) is 0 Å². The Hall–Kier alpha value is -2.37.